The molecule has 0 atom stereocenters. The lowest BCUT2D eigenvalue weighted by molar-refractivity contribution is -0.143. The Balaban J connectivity index is 2.07. The number of aromatic hydroxyl groups is 1. The first-order valence-corrected chi connectivity index (χ1v) is 15.8. The highest BCUT2D eigenvalue weighted by molar-refractivity contribution is 7.98. The molecule has 13 heteroatoms. The van der Waals surface area contributed by atoms with E-state index in [1.54, 1.807) is 19.1 Å². The van der Waals surface area contributed by atoms with Gasteiger partial charge in [0.05, 0.1) is 24.8 Å². The second-order valence-corrected chi connectivity index (χ2v) is 12.3. The van der Waals surface area contributed by atoms with Crippen LogP contribution in [0, 0.1) is 0 Å². The zero-order chi connectivity index (χ0) is 28.3. The van der Waals surface area contributed by atoms with Crippen LogP contribution in [0.3, 0.4) is 0 Å². The molecule has 0 radical (unpaired) electrons. The number of hydrogen-bond donors (Lipinski definition) is 2. The number of benzene rings is 2. The van der Waals surface area contributed by atoms with E-state index < -0.39 is 33.8 Å². The van der Waals surface area contributed by atoms with Crippen molar-refractivity contribution in [3.05, 3.63) is 80.5 Å². The summed E-state index contributed by atoms with van der Waals surface area (Å²) in [6.45, 7) is 1.01. The molecule has 2 heterocycles. The third-order valence-corrected chi connectivity index (χ3v) is 8.72. The Hall–Kier alpha value is -3.39. The molecular weight excluding hydrogens is 563 g/mol. The maximum absolute atomic E-state index is 13.8. The van der Waals surface area contributed by atoms with E-state index in [2.05, 4.69) is 4.72 Å². The van der Waals surface area contributed by atoms with Crippen molar-refractivity contribution in [3.8, 4) is 16.2 Å². The number of esters is 1. The van der Waals surface area contributed by atoms with Crippen molar-refractivity contribution in [2.45, 2.75) is 31.5 Å². The quantitative estimate of drug-likeness (QED) is 0.213. The van der Waals surface area contributed by atoms with E-state index in [9.17, 15) is 27.9 Å². The third-order valence-electron chi connectivity index (χ3n) is 5.91. The summed E-state index contributed by atoms with van der Waals surface area (Å²) in [5.41, 5.74) is 0.423. The second kappa shape index (κ2) is 11.8. The number of nitrogens with zero attached hydrogens (tertiary/aromatic N) is 2. The standard InChI is InChI=1S/C26H27N3O7S3/c1-4-36-21(31)15-28-24(32)22-19(13-27-39(3,34)35)23(16-9-11-18(30)12-10-16)38-25(22)29(26(28)33)14-17-7-5-6-8-20(17)37-2/h5-12,27,30H,4,13-15H2,1-3H3. The minimum atomic E-state index is -3.64. The second-order valence-electron chi connectivity index (χ2n) is 8.61. The average Bonchev–Trinajstić information content (AvgIpc) is 3.28. The highest BCUT2D eigenvalue weighted by Crippen LogP contribution is 2.38. The molecule has 10 nitrogen and oxygen atoms in total. The van der Waals surface area contributed by atoms with Gasteiger partial charge in [0.2, 0.25) is 10.0 Å². The molecule has 0 aliphatic carbocycles. The van der Waals surface area contributed by atoms with Crippen LogP contribution in [-0.4, -0.2) is 47.7 Å². The van der Waals surface area contributed by atoms with Crippen LogP contribution < -0.4 is 16.0 Å². The molecule has 0 saturated carbocycles. The lowest BCUT2D eigenvalue weighted by Crippen LogP contribution is -2.42. The predicted molar refractivity (Wildman–Crippen MR) is 153 cm³/mol. The number of phenols is 1. The number of aromatic nitrogens is 2. The zero-order valence-corrected chi connectivity index (χ0v) is 23.9. The minimum absolute atomic E-state index is 0.0399. The van der Waals surface area contributed by atoms with E-state index in [1.807, 2.05) is 30.5 Å². The van der Waals surface area contributed by atoms with Gasteiger partial charge < -0.3 is 9.84 Å². The Morgan fingerprint density at radius 3 is 2.44 bits per heavy atom. The van der Waals surface area contributed by atoms with Gasteiger partial charge in [0.1, 0.15) is 17.1 Å². The summed E-state index contributed by atoms with van der Waals surface area (Å²) in [5.74, 6) is -0.699. The molecule has 0 saturated heterocycles. The van der Waals surface area contributed by atoms with Crippen LogP contribution in [0.5, 0.6) is 5.75 Å². The molecule has 0 fully saturated rings. The molecule has 0 amide bonds. The molecule has 4 rings (SSSR count). The van der Waals surface area contributed by atoms with Crippen molar-refractivity contribution < 1.29 is 23.1 Å². The molecule has 0 spiro atoms. The highest BCUT2D eigenvalue weighted by atomic mass is 32.2. The summed E-state index contributed by atoms with van der Waals surface area (Å²) in [4.78, 5) is 41.7. The number of sulfonamides is 1. The van der Waals surface area contributed by atoms with E-state index in [0.29, 0.717) is 20.8 Å². The number of rotatable bonds is 10. The Morgan fingerprint density at radius 2 is 1.79 bits per heavy atom. The van der Waals surface area contributed by atoms with Gasteiger partial charge in [-0.05, 0) is 54.6 Å². The van der Waals surface area contributed by atoms with Crippen molar-refractivity contribution in [3.63, 3.8) is 0 Å². The van der Waals surface area contributed by atoms with Gasteiger partial charge in [-0.15, -0.1) is 23.1 Å². The van der Waals surface area contributed by atoms with E-state index in [4.69, 9.17) is 4.74 Å². The number of carbonyl (C=O) groups is 1. The molecule has 2 aromatic carbocycles. The summed E-state index contributed by atoms with van der Waals surface area (Å²) in [6, 6.07) is 13.8. The lowest BCUT2D eigenvalue weighted by Gasteiger charge is -2.14. The number of nitrogens with one attached hydrogen (secondary N) is 1. The van der Waals surface area contributed by atoms with Crippen LogP contribution in [0.2, 0.25) is 0 Å². The Bertz CT molecular complexity index is 1750. The van der Waals surface area contributed by atoms with Gasteiger partial charge in [-0.1, -0.05) is 18.2 Å². The largest absolute Gasteiger partial charge is 0.508 e. The summed E-state index contributed by atoms with van der Waals surface area (Å²) >= 11 is 2.68. The molecular formula is C26H27N3O7S3. The van der Waals surface area contributed by atoms with Crippen LogP contribution in [0.1, 0.15) is 18.1 Å². The van der Waals surface area contributed by atoms with Crippen LogP contribution in [0.15, 0.2) is 63.0 Å². The molecule has 4 aromatic rings. The van der Waals surface area contributed by atoms with E-state index in [1.165, 1.54) is 39.8 Å². The van der Waals surface area contributed by atoms with Crippen molar-refractivity contribution in [2.24, 2.45) is 0 Å². The molecule has 0 unspecified atom stereocenters. The van der Waals surface area contributed by atoms with Gasteiger partial charge in [0.15, 0.2) is 0 Å². The Morgan fingerprint density at radius 1 is 1.10 bits per heavy atom. The fraction of sp³-hybridized carbons (Fsp3) is 0.269. The maximum atomic E-state index is 13.8. The molecule has 39 heavy (non-hydrogen) atoms. The highest BCUT2D eigenvalue weighted by Gasteiger charge is 2.25. The number of hydrogen-bond acceptors (Lipinski definition) is 9. The Kier molecular flexibility index (Phi) is 8.64. The van der Waals surface area contributed by atoms with Gasteiger partial charge in [0.25, 0.3) is 5.56 Å². The molecule has 0 aliphatic heterocycles. The molecule has 2 aromatic heterocycles. The zero-order valence-electron chi connectivity index (χ0n) is 21.5. The Labute approximate surface area is 232 Å². The lowest BCUT2D eigenvalue weighted by atomic mass is 10.1. The first-order chi connectivity index (χ1) is 18.5. The van der Waals surface area contributed by atoms with E-state index in [-0.39, 0.29) is 30.8 Å². The topological polar surface area (TPSA) is 137 Å². The molecule has 2 N–H and O–H groups in total. The van der Waals surface area contributed by atoms with Crippen molar-refractivity contribution in [1.82, 2.24) is 13.9 Å². The van der Waals surface area contributed by atoms with Crippen LogP contribution in [0.4, 0.5) is 0 Å². The fourth-order valence-electron chi connectivity index (χ4n) is 4.15. The summed E-state index contributed by atoms with van der Waals surface area (Å²) in [6.07, 6.45) is 2.93. The van der Waals surface area contributed by atoms with E-state index >= 15 is 0 Å². The number of carbonyl (C=O) groups excluding carboxylic acids is 1. The van der Waals surface area contributed by atoms with Crippen LogP contribution in [0.25, 0.3) is 20.7 Å². The third kappa shape index (κ3) is 6.27. The minimum Gasteiger partial charge on any atom is -0.508 e. The monoisotopic (exact) mass is 589 g/mol. The number of fused-ring (bicyclic) bond motifs is 1. The molecule has 206 valence electrons. The summed E-state index contributed by atoms with van der Waals surface area (Å²) in [7, 11) is -3.64. The van der Waals surface area contributed by atoms with Gasteiger partial charge in [0, 0.05) is 21.9 Å². The van der Waals surface area contributed by atoms with Gasteiger partial charge >= 0.3 is 11.7 Å². The van der Waals surface area contributed by atoms with Crippen molar-refractivity contribution >= 4 is 49.3 Å². The summed E-state index contributed by atoms with van der Waals surface area (Å²) in [5, 5.41) is 9.92. The first-order valence-electron chi connectivity index (χ1n) is 11.8. The van der Waals surface area contributed by atoms with Crippen molar-refractivity contribution in [1.29, 1.82) is 0 Å². The van der Waals surface area contributed by atoms with Gasteiger partial charge in [-0.2, -0.15) is 0 Å². The first kappa shape index (κ1) is 28.6. The normalized spacial score (nSPS) is 11.7. The number of ether oxygens (including phenoxy) is 1. The fourth-order valence-corrected chi connectivity index (χ4v) is 6.48. The van der Waals surface area contributed by atoms with Crippen molar-refractivity contribution in [2.75, 3.05) is 19.1 Å². The predicted octanol–water partition coefficient (Wildman–Crippen LogP) is 2.98. The number of phenolic OH excluding ortho intramolecular Hbond substituents is 1. The van der Waals surface area contributed by atoms with Gasteiger partial charge in [-0.3, -0.25) is 14.2 Å². The molecule has 0 aliphatic rings. The van der Waals surface area contributed by atoms with Crippen LogP contribution in [-0.2, 0) is 39.2 Å². The van der Waals surface area contributed by atoms with E-state index in [0.717, 1.165) is 21.3 Å². The van der Waals surface area contributed by atoms with Gasteiger partial charge in [-0.25, -0.2) is 22.5 Å². The number of thiophene rings is 1. The summed E-state index contributed by atoms with van der Waals surface area (Å²) < 4.78 is 33.7. The number of thioether (sulfide) groups is 1. The van der Waals surface area contributed by atoms with Crippen LogP contribution >= 0.6 is 23.1 Å². The maximum Gasteiger partial charge on any atom is 0.332 e. The SMILES string of the molecule is CCOC(=O)Cn1c(=O)c2c(CNS(C)(=O)=O)c(-c3ccc(O)cc3)sc2n(Cc2ccccc2SC)c1=O. The average molecular weight is 590 g/mol. The smallest absolute Gasteiger partial charge is 0.332 e. The molecule has 0 bridgehead atoms.